The number of phenolic OH excluding ortho intramolecular Hbond substituents is 1. The zero-order chi connectivity index (χ0) is 10.8. The standard InChI is InChI=1S/C12H15NO/c1-4-12(2,3)10-6-5-9(8-13)7-11(10)14/h5-7,14H,4H2,1-3H3. The quantitative estimate of drug-likeness (QED) is 0.777. The Bertz CT molecular complexity index is 374. The van der Waals surface area contributed by atoms with Crippen LogP contribution in [-0.2, 0) is 5.41 Å². The molecule has 1 rings (SSSR count). The van der Waals surface area contributed by atoms with Crippen LogP contribution in [0, 0.1) is 11.3 Å². The maximum Gasteiger partial charge on any atom is 0.120 e. The summed E-state index contributed by atoms with van der Waals surface area (Å²) in [5, 5.41) is 18.4. The maximum atomic E-state index is 9.74. The number of aromatic hydroxyl groups is 1. The van der Waals surface area contributed by atoms with Crippen molar-refractivity contribution in [2.45, 2.75) is 32.6 Å². The molecule has 0 aliphatic carbocycles. The first-order chi connectivity index (χ1) is 6.51. The van der Waals surface area contributed by atoms with E-state index < -0.39 is 0 Å². The Morgan fingerprint density at radius 1 is 1.43 bits per heavy atom. The first kappa shape index (κ1) is 10.6. The lowest BCUT2D eigenvalue weighted by Gasteiger charge is -2.24. The highest BCUT2D eigenvalue weighted by Crippen LogP contribution is 2.33. The second-order valence-electron chi connectivity index (χ2n) is 4.08. The predicted octanol–water partition coefficient (Wildman–Crippen LogP) is 2.95. The molecule has 0 spiro atoms. The second kappa shape index (κ2) is 3.71. The zero-order valence-electron chi connectivity index (χ0n) is 8.83. The highest BCUT2D eigenvalue weighted by molar-refractivity contribution is 5.44. The van der Waals surface area contributed by atoms with Gasteiger partial charge in [0.05, 0.1) is 11.6 Å². The lowest BCUT2D eigenvalue weighted by atomic mass is 9.81. The van der Waals surface area contributed by atoms with Crippen molar-refractivity contribution in [1.82, 2.24) is 0 Å². The molecule has 0 unspecified atom stereocenters. The molecule has 0 aliphatic heterocycles. The van der Waals surface area contributed by atoms with Gasteiger partial charge in [0.15, 0.2) is 0 Å². The SMILES string of the molecule is CCC(C)(C)c1ccc(C#N)cc1O. The first-order valence-corrected chi connectivity index (χ1v) is 4.75. The average molecular weight is 189 g/mol. The van der Waals surface area contributed by atoms with Gasteiger partial charge in [-0.2, -0.15) is 5.26 Å². The Labute approximate surface area is 84.8 Å². The molecule has 2 nitrogen and oxygen atoms in total. The van der Waals surface area contributed by atoms with Crippen molar-refractivity contribution < 1.29 is 5.11 Å². The van der Waals surface area contributed by atoms with E-state index in [4.69, 9.17) is 5.26 Å². The van der Waals surface area contributed by atoms with Crippen LogP contribution in [0.3, 0.4) is 0 Å². The molecule has 0 atom stereocenters. The van der Waals surface area contributed by atoms with Crippen molar-refractivity contribution >= 4 is 0 Å². The molecule has 14 heavy (non-hydrogen) atoms. The predicted molar refractivity (Wildman–Crippen MR) is 56.1 cm³/mol. The maximum absolute atomic E-state index is 9.74. The third-order valence-electron chi connectivity index (χ3n) is 2.74. The molecule has 0 aliphatic rings. The number of nitriles is 1. The fourth-order valence-electron chi connectivity index (χ4n) is 1.36. The largest absolute Gasteiger partial charge is 0.508 e. The summed E-state index contributed by atoms with van der Waals surface area (Å²) < 4.78 is 0. The van der Waals surface area contributed by atoms with Crippen molar-refractivity contribution in [2.24, 2.45) is 0 Å². The molecular formula is C12H15NO. The second-order valence-corrected chi connectivity index (χ2v) is 4.08. The molecule has 0 bridgehead atoms. The summed E-state index contributed by atoms with van der Waals surface area (Å²) in [6, 6.07) is 7.10. The molecule has 74 valence electrons. The topological polar surface area (TPSA) is 44.0 Å². The molecule has 1 aromatic carbocycles. The smallest absolute Gasteiger partial charge is 0.120 e. The first-order valence-electron chi connectivity index (χ1n) is 4.75. The highest BCUT2D eigenvalue weighted by atomic mass is 16.3. The van der Waals surface area contributed by atoms with Crippen LogP contribution in [0.5, 0.6) is 5.75 Å². The Hall–Kier alpha value is -1.49. The van der Waals surface area contributed by atoms with Crippen LogP contribution in [0.4, 0.5) is 0 Å². The van der Waals surface area contributed by atoms with Gasteiger partial charge in [-0.25, -0.2) is 0 Å². The minimum absolute atomic E-state index is 0.0436. The molecule has 0 aromatic heterocycles. The Morgan fingerprint density at radius 2 is 2.07 bits per heavy atom. The van der Waals surface area contributed by atoms with Crippen LogP contribution in [0.25, 0.3) is 0 Å². The third-order valence-corrected chi connectivity index (χ3v) is 2.74. The summed E-state index contributed by atoms with van der Waals surface area (Å²) in [7, 11) is 0. The van der Waals surface area contributed by atoms with E-state index >= 15 is 0 Å². The Morgan fingerprint density at radius 3 is 2.50 bits per heavy atom. The van der Waals surface area contributed by atoms with E-state index in [1.54, 1.807) is 6.07 Å². The van der Waals surface area contributed by atoms with Gasteiger partial charge in [0, 0.05) is 0 Å². The van der Waals surface area contributed by atoms with E-state index in [-0.39, 0.29) is 11.2 Å². The summed E-state index contributed by atoms with van der Waals surface area (Å²) in [5.41, 5.74) is 1.36. The van der Waals surface area contributed by atoms with Gasteiger partial charge in [0.1, 0.15) is 5.75 Å². The van der Waals surface area contributed by atoms with Gasteiger partial charge in [-0.15, -0.1) is 0 Å². The fraction of sp³-hybridized carbons (Fsp3) is 0.417. The summed E-state index contributed by atoms with van der Waals surface area (Å²) in [5.74, 6) is 0.218. The molecule has 0 fully saturated rings. The number of hydrogen-bond acceptors (Lipinski definition) is 2. The van der Waals surface area contributed by atoms with Gasteiger partial charge in [0.25, 0.3) is 0 Å². The van der Waals surface area contributed by atoms with Crippen LogP contribution in [0.15, 0.2) is 18.2 Å². The summed E-state index contributed by atoms with van der Waals surface area (Å²) in [6.45, 7) is 6.24. The van der Waals surface area contributed by atoms with E-state index in [1.165, 1.54) is 6.07 Å². The van der Waals surface area contributed by atoms with Crippen LogP contribution < -0.4 is 0 Å². The van der Waals surface area contributed by atoms with Gasteiger partial charge >= 0.3 is 0 Å². The number of nitrogens with zero attached hydrogens (tertiary/aromatic N) is 1. The summed E-state index contributed by atoms with van der Waals surface area (Å²) in [4.78, 5) is 0. The Kier molecular flexibility index (Phi) is 2.81. The number of benzene rings is 1. The molecule has 0 saturated heterocycles. The third kappa shape index (κ3) is 1.88. The van der Waals surface area contributed by atoms with Crippen molar-refractivity contribution in [3.63, 3.8) is 0 Å². The number of hydrogen-bond donors (Lipinski definition) is 1. The van der Waals surface area contributed by atoms with Crippen molar-refractivity contribution in [1.29, 1.82) is 5.26 Å². The van der Waals surface area contributed by atoms with Crippen LogP contribution in [0.2, 0.25) is 0 Å². The van der Waals surface area contributed by atoms with Gasteiger partial charge in [-0.3, -0.25) is 0 Å². The monoisotopic (exact) mass is 189 g/mol. The van der Waals surface area contributed by atoms with Gasteiger partial charge < -0.3 is 5.11 Å². The number of rotatable bonds is 2. The lowest BCUT2D eigenvalue weighted by molar-refractivity contribution is 0.428. The number of phenols is 1. The molecule has 0 heterocycles. The minimum atomic E-state index is -0.0436. The molecule has 1 aromatic rings. The summed E-state index contributed by atoms with van der Waals surface area (Å²) in [6.07, 6.45) is 0.951. The van der Waals surface area contributed by atoms with Crippen LogP contribution in [0.1, 0.15) is 38.3 Å². The van der Waals surface area contributed by atoms with Gasteiger partial charge in [-0.05, 0) is 29.5 Å². The molecule has 0 saturated carbocycles. The van der Waals surface area contributed by atoms with E-state index in [2.05, 4.69) is 20.8 Å². The minimum Gasteiger partial charge on any atom is -0.508 e. The van der Waals surface area contributed by atoms with Crippen molar-refractivity contribution in [3.8, 4) is 11.8 Å². The molecule has 0 radical (unpaired) electrons. The normalized spacial score (nSPS) is 11.0. The molecular weight excluding hydrogens is 174 g/mol. The van der Waals surface area contributed by atoms with E-state index in [0.717, 1.165) is 12.0 Å². The van der Waals surface area contributed by atoms with Crippen LogP contribution >= 0.6 is 0 Å². The molecule has 0 amide bonds. The zero-order valence-corrected chi connectivity index (χ0v) is 8.83. The summed E-state index contributed by atoms with van der Waals surface area (Å²) >= 11 is 0. The van der Waals surface area contributed by atoms with Crippen molar-refractivity contribution in [3.05, 3.63) is 29.3 Å². The molecule has 2 heteroatoms. The van der Waals surface area contributed by atoms with E-state index in [9.17, 15) is 5.11 Å². The highest BCUT2D eigenvalue weighted by Gasteiger charge is 2.21. The van der Waals surface area contributed by atoms with E-state index in [1.807, 2.05) is 12.1 Å². The average Bonchev–Trinajstić information content (AvgIpc) is 2.17. The van der Waals surface area contributed by atoms with E-state index in [0.29, 0.717) is 5.56 Å². The molecule has 1 N–H and O–H groups in total. The lowest BCUT2D eigenvalue weighted by Crippen LogP contribution is -2.15. The van der Waals surface area contributed by atoms with Gasteiger partial charge in [-0.1, -0.05) is 26.8 Å². The Balaban J connectivity index is 3.20. The van der Waals surface area contributed by atoms with Crippen molar-refractivity contribution in [2.75, 3.05) is 0 Å². The fourth-order valence-corrected chi connectivity index (χ4v) is 1.36. The van der Waals surface area contributed by atoms with Gasteiger partial charge in [0.2, 0.25) is 0 Å². The van der Waals surface area contributed by atoms with Crippen LogP contribution in [-0.4, -0.2) is 5.11 Å².